The normalized spacial score (nSPS) is 23.2. The van der Waals surface area contributed by atoms with Gasteiger partial charge in [-0.25, -0.2) is 0 Å². The molecule has 0 aliphatic carbocycles. The van der Waals surface area contributed by atoms with E-state index < -0.39 is 0 Å². The van der Waals surface area contributed by atoms with Crippen molar-refractivity contribution >= 4 is 6.72 Å². The van der Waals surface area contributed by atoms with E-state index in [2.05, 4.69) is 35.9 Å². The Kier molecular flexibility index (Phi) is 5.35. The van der Waals surface area contributed by atoms with Gasteiger partial charge in [-0.3, -0.25) is 4.90 Å². The maximum Gasteiger partial charge on any atom is 0.205 e. The molecular weight excluding hydrogens is 140 g/mol. The summed E-state index contributed by atoms with van der Waals surface area (Å²) < 4.78 is 0. The molecule has 1 heterocycles. The number of hydrogen-bond donors (Lipinski definition) is 1. The molecule has 4 nitrogen and oxygen atoms in total. The van der Waals surface area contributed by atoms with Crippen LogP contribution in [0.15, 0.2) is 4.99 Å². The highest BCUT2D eigenvalue weighted by Crippen LogP contribution is 1.93. The summed E-state index contributed by atoms with van der Waals surface area (Å²) in [4.78, 5) is 5.06. The van der Waals surface area contributed by atoms with Crippen LogP contribution in [-0.2, 0) is 0 Å². The van der Waals surface area contributed by atoms with Gasteiger partial charge < -0.3 is 5.32 Å². The Hall–Kier alpha value is -0.920. The highest BCUT2D eigenvalue weighted by molar-refractivity contribution is 5.25. The number of nitrogens with one attached hydrogen (secondary N) is 1. The van der Waals surface area contributed by atoms with Gasteiger partial charge in [0.2, 0.25) is 6.19 Å². The van der Waals surface area contributed by atoms with Crippen LogP contribution in [0.4, 0.5) is 0 Å². The third-order valence-electron chi connectivity index (χ3n) is 1.37. The van der Waals surface area contributed by atoms with Crippen molar-refractivity contribution in [2.45, 2.75) is 13.0 Å². The van der Waals surface area contributed by atoms with Gasteiger partial charge in [0.1, 0.15) is 0 Å². The van der Waals surface area contributed by atoms with Crippen molar-refractivity contribution in [3.05, 3.63) is 0 Å². The van der Waals surface area contributed by atoms with E-state index in [9.17, 15) is 0 Å². The van der Waals surface area contributed by atoms with Crippen LogP contribution in [0.5, 0.6) is 0 Å². The Bertz CT molecular complexity index is 141. The summed E-state index contributed by atoms with van der Waals surface area (Å²) in [6, 6.07) is 0.699. The van der Waals surface area contributed by atoms with Gasteiger partial charge in [-0.15, -0.1) is 0 Å². The van der Waals surface area contributed by atoms with E-state index in [0.29, 0.717) is 6.04 Å². The Labute approximate surface area is 67.5 Å². The van der Waals surface area contributed by atoms with Gasteiger partial charge in [-0.05, 0) is 14.0 Å². The first-order valence-corrected chi connectivity index (χ1v) is 3.47. The average Bonchev–Trinajstić information content (AvgIpc) is 2.35. The van der Waals surface area contributed by atoms with Crippen molar-refractivity contribution in [1.29, 1.82) is 5.26 Å². The van der Waals surface area contributed by atoms with Gasteiger partial charge in [0.25, 0.3) is 0 Å². The van der Waals surface area contributed by atoms with E-state index in [1.165, 1.54) is 12.7 Å². The molecule has 1 saturated heterocycles. The van der Waals surface area contributed by atoms with Crippen molar-refractivity contribution in [3.63, 3.8) is 0 Å². The van der Waals surface area contributed by atoms with Crippen molar-refractivity contribution in [3.8, 4) is 6.19 Å². The van der Waals surface area contributed by atoms with Crippen molar-refractivity contribution in [2.24, 2.45) is 4.99 Å². The molecule has 0 aromatic rings. The maximum atomic E-state index is 7.40. The molecular formula is C7H14N4. The zero-order valence-corrected chi connectivity index (χ0v) is 7.04. The van der Waals surface area contributed by atoms with Gasteiger partial charge in [-0.1, -0.05) is 0 Å². The molecule has 0 bridgehead atoms. The summed E-state index contributed by atoms with van der Waals surface area (Å²) in [6.07, 6.45) is 1.44. The summed E-state index contributed by atoms with van der Waals surface area (Å²) in [7, 11) is 2.12. The van der Waals surface area contributed by atoms with E-state index in [1.54, 1.807) is 0 Å². The molecule has 0 aromatic heterocycles. The summed E-state index contributed by atoms with van der Waals surface area (Å²) in [5.74, 6) is 0. The first-order chi connectivity index (χ1) is 5.20. The Morgan fingerprint density at radius 1 is 1.82 bits per heavy atom. The van der Waals surface area contributed by atoms with Crippen LogP contribution in [0.2, 0.25) is 0 Å². The van der Waals surface area contributed by atoms with Crippen LogP contribution in [0.3, 0.4) is 0 Å². The lowest BCUT2D eigenvalue weighted by Gasteiger charge is -2.01. The van der Waals surface area contributed by atoms with Crippen molar-refractivity contribution < 1.29 is 0 Å². The first kappa shape index (κ1) is 10.1. The van der Waals surface area contributed by atoms with Crippen molar-refractivity contribution in [1.82, 2.24) is 10.2 Å². The van der Waals surface area contributed by atoms with Gasteiger partial charge >= 0.3 is 0 Å². The molecule has 1 fully saturated rings. The standard InChI is InChI=1S/C5H12N2.C2H2N2/c1-5-3-7(2)4-6-5;1-4-2-3/h5-6H,3-4H2,1-2H3;1H2. The summed E-state index contributed by atoms with van der Waals surface area (Å²) in [6.45, 7) is 7.32. The lowest BCUT2D eigenvalue weighted by molar-refractivity contribution is 0.408. The SMILES string of the molecule is C=NC#N.CC1CN(C)CN1. The molecule has 0 radical (unpaired) electrons. The predicted molar refractivity (Wildman–Crippen MR) is 45.3 cm³/mol. The monoisotopic (exact) mass is 154 g/mol. The molecule has 0 amide bonds. The maximum absolute atomic E-state index is 7.40. The Morgan fingerprint density at radius 3 is 2.45 bits per heavy atom. The van der Waals surface area contributed by atoms with Crippen LogP contribution in [0.1, 0.15) is 6.92 Å². The van der Waals surface area contributed by atoms with E-state index in [1.807, 2.05) is 0 Å². The minimum absolute atomic E-state index is 0.699. The van der Waals surface area contributed by atoms with Crippen LogP contribution in [-0.4, -0.2) is 37.9 Å². The molecule has 1 N–H and O–H groups in total. The van der Waals surface area contributed by atoms with Gasteiger partial charge in [0.15, 0.2) is 0 Å². The second-order valence-electron chi connectivity index (χ2n) is 2.56. The topological polar surface area (TPSA) is 51.4 Å². The molecule has 4 heteroatoms. The zero-order chi connectivity index (χ0) is 8.69. The quantitative estimate of drug-likeness (QED) is 0.396. The summed E-state index contributed by atoms with van der Waals surface area (Å²) >= 11 is 0. The van der Waals surface area contributed by atoms with Crippen LogP contribution < -0.4 is 5.32 Å². The molecule has 11 heavy (non-hydrogen) atoms. The van der Waals surface area contributed by atoms with Gasteiger partial charge in [0, 0.05) is 26.0 Å². The number of nitriles is 1. The number of nitrogens with zero attached hydrogens (tertiary/aromatic N) is 3. The minimum Gasteiger partial charge on any atom is -0.301 e. The Morgan fingerprint density at radius 2 is 2.36 bits per heavy atom. The largest absolute Gasteiger partial charge is 0.301 e. The minimum atomic E-state index is 0.699. The van der Waals surface area contributed by atoms with E-state index in [4.69, 9.17) is 5.26 Å². The molecule has 0 saturated carbocycles. The van der Waals surface area contributed by atoms with E-state index in [0.717, 1.165) is 6.67 Å². The third kappa shape index (κ3) is 5.52. The fourth-order valence-corrected chi connectivity index (χ4v) is 0.908. The second-order valence-corrected chi connectivity index (χ2v) is 2.56. The molecule has 1 aliphatic heterocycles. The molecule has 1 unspecified atom stereocenters. The number of likely N-dealkylation sites (N-methyl/N-ethyl adjacent to an activating group) is 1. The number of hydrogen-bond acceptors (Lipinski definition) is 4. The fraction of sp³-hybridized carbons (Fsp3) is 0.714. The molecule has 1 aliphatic rings. The van der Waals surface area contributed by atoms with Crippen molar-refractivity contribution in [2.75, 3.05) is 20.3 Å². The van der Waals surface area contributed by atoms with Gasteiger partial charge in [0.05, 0.1) is 0 Å². The highest BCUT2D eigenvalue weighted by atomic mass is 15.3. The van der Waals surface area contributed by atoms with Crippen LogP contribution in [0.25, 0.3) is 0 Å². The van der Waals surface area contributed by atoms with Gasteiger partial charge in [-0.2, -0.15) is 10.3 Å². The number of rotatable bonds is 0. The molecule has 0 aromatic carbocycles. The lowest BCUT2D eigenvalue weighted by Crippen LogP contribution is -2.18. The molecule has 0 spiro atoms. The van der Waals surface area contributed by atoms with E-state index in [-0.39, 0.29) is 0 Å². The first-order valence-electron chi connectivity index (χ1n) is 3.47. The number of aliphatic imine (C=N–C) groups is 1. The van der Waals surface area contributed by atoms with E-state index >= 15 is 0 Å². The predicted octanol–water partition coefficient (Wildman–Crippen LogP) is 0.0355. The third-order valence-corrected chi connectivity index (χ3v) is 1.37. The lowest BCUT2D eigenvalue weighted by atomic mass is 10.4. The second kappa shape index (κ2) is 5.83. The average molecular weight is 154 g/mol. The summed E-state index contributed by atoms with van der Waals surface area (Å²) in [5.41, 5.74) is 0. The highest BCUT2D eigenvalue weighted by Gasteiger charge is 2.11. The molecule has 1 rings (SSSR count). The fourth-order valence-electron chi connectivity index (χ4n) is 0.908. The summed E-state index contributed by atoms with van der Waals surface area (Å²) in [5, 5.41) is 10.7. The zero-order valence-electron chi connectivity index (χ0n) is 7.04. The smallest absolute Gasteiger partial charge is 0.205 e. The van der Waals surface area contributed by atoms with Crippen LogP contribution >= 0.6 is 0 Å². The molecule has 62 valence electrons. The Balaban J connectivity index is 0.000000218. The van der Waals surface area contributed by atoms with Crippen LogP contribution in [0, 0.1) is 11.5 Å². The molecule has 1 atom stereocenters.